The molecule has 7 nitrogen and oxygen atoms in total. The summed E-state index contributed by atoms with van der Waals surface area (Å²) in [5, 5.41) is 12.8. The fraction of sp³-hybridized carbons (Fsp3) is 0.733. The van der Waals surface area contributed by atoms with E-state index in [-0.39, 0.29) is 76.6 Å². The molecule has 286 valence electrons. The first-order valence-corrected chi connectivity index (χ1v) is 20.1. The topological polar surface area (TPSA) is 110 Å². The fourth-order valence-corrected chi connectivity index (χ4v) is 13.9. The third kappa shape index (κ3) is 6.18. The molecule has 0 saturated heterocycles. The number of carbonyl (C=O) groups excluding carboxylic acids is 3. The molecule has 0 bridgehead atoms. The first-order valence-electron chi connectivity index (χ1n) is 20.1. The van der Waals surface area contributed by atoms with Gasteiger partial charge >= 0.3 is 11.9 Å². The molecule has 5 aliphatic carbocycles. The monoisotopic (exact) mass is 715 g/mol. The second-order valence-corrected chi connectivity index (χ2v) is 20.1. The summed E-state index contributed by atoms with van der Waals surface area (Å²) in [7, 11) is 0. The molecule has 1 aromatic carbocycles. The first kappa shape index (κ1) is 38.8. The van der Waals surface area contributed by atoms with E-state index >= 15 is 0 Å². The smallest absolute Gasteiger partial charge is 0.312 e. The molecule has 0 heterocycles. The Morgan fingerprint density at radius 1 is 0.846 bits per heavy atom. The summed E-state index contributed by atoms with van der Waals surface area (Å²) in [6, 6.07) is 9.16. The zero-order valence-electron chi connectivity index (χ0n) is 33.2. The molecule has 0 spiro atoms. The second kappa shape index (κ2) is 13.4. The van der Waals surface area contributed by atoms with Crippen LogP contribution >= 0.6 is 0 Å². The van der Waals surface area contributed by atoms with Gasteiger partial charge in [0.05, 0.1) is 11.8 Å². The van der Waals surface area contributed by atoms with Crippen LogP contribution in [0.2, 0.25) is 0 Å². The highest BCUT2D eigenvalue weighted by Gasteiger charge is 2.72. The van der Waals surface area contributed by atoms with E-state index in [2.05, 4.69) is 53.4 Å². The van der Waals surface area contributed by atoms with Crippen molar-refractivity contribution < 1.29 is 29.0 Å². The van der Waals surface area contributed by atoms with E-state index in [0.717, 1.165) is 64.2 Å². The lowest BCUT2D eigenvalue weighted by molar-refractivity contribution is -0.241. The maximum Gasteiger partial charge on any atom is 0.312 e. The van der Waals surface area contributed by atoms with Crippen molar-refractivity contribution in [3.63, 3.8) is 0 Å². The molecule has 6 rings (SSSR count). The molecule has 0 radical (unpaired) electrons. The van der Waals surface area contributed by atoms with Crippen LogP contribution in [0.4, 0.5) is 0 Å². The third-order valence-electron chi connectivity index (χ3n) is 16.5. The van der Waals surface area contributed by atoms with Gasteiger partial charge in [-0.15, -0.1) is 0 Å². The zero-order chi connectivity index (χ0) is 38.1. The number of nitrogens with one attached hydrogen (secondary N) is 1. The van der Waals surface area contributed by atoms with Gasteiger partial charge in [0.2, 0.25) is 5.91 Å². The van der Waals surface area contributed by atoms with Gasteiger partial charge in [0, 0.05) is 18.0 Å². The quantitative estimate of drug-likeness (QED) is 0.142. The van der Waals surface area contributed by atoms with Gasteiger partial charge in [-0.2, -0.15) is 0 Å². The van der Waals surface area contributed by atoms with Crippen molar-refractivity contribution in [3.05, 3.63) is 48.0 Å². The van der Waals surface area contributed by atoms with Gasteiger partial charge in [-0.1, -0.05) is 91.0 Å². The summed E-state index contributed by atoms with van der Waals surface area (Å²) in [6.45, 7) is 22.5. The molecule has 5 fully saturated rings. The fourth-order valence-electron chi connectivity index (χ4n) is 13.9. The van der Waals surface area contributed by atoms with Gasteiger partial charge in [-0.25, -0.2) is 0 Å². The first-order chi connectivity index (χ1) is 24.2. The molecule has 52 heavy (non-hydrogen) atoms. The van der Waals surface area contributed by atoms with Crippen LogP contribution in [0.1, 0.15) is 143 Å². The molecule has 10 atom stereocenters. The molecular weight excluding hydrogens is 650 g/mol. The Morgan fingerprint density at radius 3 is 2.19 bits per heavy atom. The van der Waals surface area contributed by atoms with Crippen LogP contribution in [-0.2, 0) is 19.1 Å². The summed E-state index contributed by atoms with van der Waals surface area (Å²) in [5.41, 5.74) is 0.756. The van der Waals surface area contributed by atoms with Crippen LogP contribution in [0.25, 0.3) is 0 Å². The van der Waals surface area contributed by atoms with E-state index in [9.17, 15) is 24.3 Å². The lowest BCUT2D eigenvalue weighted by atomic mass is 9.32. The van der Waals surface area contributed by atoms with Crippen LogP contribution in [0.15, 0.2) is 42.5 Å². The molecule has 1 amide bonds. The number of rotatable bonds is 10. The highest BCUT2D eigenvalue weighted by molar-refractivity contribution is 5.98. The van der Waals surface area contributed by atoms with Crippen molar-refractivity contribution in [3.8, 4) is 0 Å². The molecule has 5 saturated carbocycles. The Bertz CT molecular complexity index is 1600. The molecule has 5 aliphatic rings. The number of fused-ring (bicyclic) bond motifs is 7. The number of allylic oxidation sites excluding steroid dienone is 1. The summed E-state index contributed by atoms with van der Waals surface area (Å²) >= 11 is 0. The minimum atomic E-state index is -0.873. The standard InChI is InChI=1S/C45H65NO6/c1-28(2)30-17-22-45(39(51)52-27-32(47)29-13-11-10-12-14-29)24-23-43(8)31(38(30)45)15-16-34-42(7)20-19-35(41(5,6)33(42)18-21-44(34,43)9)46-36(48)25-40(3,4)26-37(49)50/h10-14,30-31,33-35,38H,1,15-27H2,2-9H3,(H,46,48)(H,49,50)/t30-,31+,33-,34+,35-,38+,42-,43+,44+,45-/m0/s1. The van der Waals surface area contributed by atoms with Crippen LogP contribution in [-0.4, -0.2) is 41.4 Å². The van der Waals surface area contributed by atoms with Gasteiger partial charge in [0.15, 0.2) is 12.4 Å². The SMILES string of the molecule is C=C(C)[C@@H]1CC[C@]2(C(=O)OCC(=O)c3ccccc3)CC[C@]3(C)[C@H](CC[C@@H]4[C@@]5(C)CC[C@H](NC(=O)CC(C)(C)CC(=O)O)C(C)(C)[C@@H]5CC[C@]43C)[C@@H]12. The number of aliphatic carboxylic acids is 1. The van der Waals surface area contributed by atoms with Crippen molar-refractivity contribution in [2.45, 2.75) is 138 Å². The molecular formula is C45H65NO6. The van der Waals surface area contributed by atoms with E-state index < -0.39 is 16.8 Å². The van der Waals surface area contributed by atoms with Crippen molar-refractivity contribution in [2.75, 3.05) is 6.61 Å². The van der Waals surface area contributed by atoms with E-state index in [1.54, 1.807) is 12.1 Å². The number of ketones is 1. The highest BCUT2D eigenvalue weighted by Crippen LogP contribution is 2.77. The van der Waals surface area contributed by atoms with Crippen molar-refractivity contribution >= 4 is 23.6 Å². The normalized spacial score (nSPS) is 39.2. The molecule has 1 aromatic rings. The Hall–Kier alpha value is -2.96. The van der Waals surface area contributed by atoms with Crippen LogP contribution in [0.3, 0.4) is 0 Å². The minimum Gasteiger partial charge on any atom is -0.481 e. The summed E-state index contributed by atoms with van der Waals surface area (Å²) in [6.07, 6.45) is 10.2. The maximum atomic E-state index is 14.3. The average Bonchev–Trinajstić information content (AvgIpc) is 3.46. The van der Waals surface area contributed by atoms with Gasteiger partial charge in [-0.05, 0) is 128 Å². The van der Waals surface area contributed by atoms with Gasteiger partial charge in [0.25, 0.3) is 0 Å². The zero-order valence-corrected chi connectivity index (χ0v) is 33.2. The van der Waals surface area contributed by atoms with E-state index in [4.69, 9.17) is 4.74 Å². The number of benzene rings is 1. The summed E-state index contributed by atoms with van der Waals surface area (Å²) in [5.74, 6) is 0.560. The largest absolute Gasteiger partial charge is 0.481 e. The lowest BCUT2D eigenvalue weighted by Crippen LogP contribution is -2.68. The van der Waals surface area contributed by atoms with E-state index in [1.807, 2.05) is 32.0 Å². The Kier molecular flexibility index (Phi) is 9.99. The molecule has 2 N–H and O–H groups in total. The number of hydrogen-bond acceptors (Lipinski definition) is 5. The number of amides is 1. The van der Waals surface area contributed by atoms with Crippen molar-refractivity contribution in [1.82, 2.24) is 5.32 Å². The number of Topliss-reactive ketones (excluding diaryl/α,β-unsaturated/α-hetero) is 1. The average molecular weight is 716 g/mol. The molecule has 0 unspecified atom stereocenters. The molecule has 0 aromatic heterocycles. The van der Waals surface area contributed by atoms with Gasteiger partial charge in [0.1, 0.15) is 0 Å². The van der Waals surface area contributed by atoms with Crippen molar-refractivity contribution in [2.24, 2.45) is 62.1 Å². The lowest BCUT2D eigenvalue weighted by Gasteiger charge is -2.73. The number of carbonyl (C=O) groups is 4. The number of ether oxygens (including phenoxy) is 1. The Labute approximate surface area is 312 Å². The van der Waals surface area contributed by atoms with Gasteiger partial charge < -0.3 is 15.2 Å². The summed E-state index contributed by atoms with van der Waals surface area (Å²) in [4.78, 5) is 52.1. The predicted octanol–water partition coefficient (Wildman–Crippen LogP) is 9.45. The number of hydrogen-bond donors (Lipinski definition) is 2. The van der Waals surface area contributed by atoms with E-state index in [1.165, 1.54) is 5.57 Å². The molecule has 7 heteroatoms. The van der Waals surface area contributed by atoms with E-state index in [0.29, 0.717) is 23.3 Å². The second-order valence-electron chi connectivity index (χ2n) is 20.1. The predicted molar refractivity (Wildman–Crippen MR) is 203 cm³/mol. The maximum absolute atomic E-state index is 14.3. The van der Waals surface area contributed by atoms with Gasteiger partial charge in [-0.3, -0.25) is 19.2 Å². The highest BCUT2D eigenvalue weighted by atomic mass is 16.5. The number of carboxylic acids is 1. The third-order valence-corrected chi connectivity index (χ3v) is 16.5. The van der Waals surface area contributed by atoms with Crippen LogP contribution in [0, 0.1) is 62.1 Å². The minimum absolute atomic E-state index is 0.0284. The van der Waals surface area contributed by atoms with Crippen LogP contribution in [0.5, 0.6) is 0 Å². The Balaban J connectivity index is 1.23. The molecule has 0 aliphatic heterocycles. The number of carboxylic acid groups (broad SMARTS) is 1. The van der Waals surface area contributed by atoms with Crippen molar-refractivity contribution in [1.29, 1.82) is 0 Å². The summed E-state index contributed by atoms with van der Waals surface area (Å²) < 4.78 is 5.99. The Morgan fingerprint density at radius 2 is 1.54 bits per heavy atom. The van der Waals surface area contributed by atoms with Crippen LogP contribution < -0.4 is 5.32 Å². The number of esters is 1.